The molecule has 1 saturated heterocycles. The Morgan fingerprint density at radius 2 is 2.00 bits per heavy atom. The Hall–Kier alpha value is -2.02. The van der Waals surface area contributed by atoms with Gasteiger partial charge in [0.1, 0.15) is 5.75 Å². The topological polar surface area (TPSA) is 41.1 Å². The summed E-state index contributed by atoms with van der Waals surface area (Å²) in [5, 5.41) is 7.43. The summed E-state index contributed by atoms with van der Waals surface area (Å²) < 4.78 is 44.4. The highest BCUT2D eigenvalue weighted by Crippen LogP contribution is 2.36. The summed E-state index contributed by atoms with van der Waals surface area (Å²) in [7, 11) is 0. The minimum absolute atomic E-state index is 0.128. The standard InChI is InChI=1S/C20H24F3N3O/c21-20(22,23)17-3-1-2-4-19(17)27-10-8-16-11-18(25-24-16)15-7-9-26(13-15)12-14-5-6-14/h1-4,11,14-15H,5-10,12-13H2,(H,24,25). The molecule has 0 bridgehead atoms. The molecule has 7 heteroatoms. The van der Waals surface area contributed by atoms with E-state index in [1.54, 1.807) is 6.07 Å². The number of nitrogens with zero attached hydrogens (tertiary/aromatic N) is 2. The number of ether oxygens (including phenoxy) is 1. The van der Waals surface area contributed by atoms with Crippen molar-refractivity contribution in [1.82, 2.24) is 15.1 Å². The van der Waals surface area contributed by atoms with Crippen LogP contribution >= 0.6 is 0 Å². The van der Waals surface area contributed by atoms with E-state index in [4.69, 9.17) is 4.74 Å². The lowest BCUT2D eigenvalue weighted by Crippen LogP contribution is -2.22. The maximum Gasteiger partial charge on any atom is 0.419 e. The number of hydrogen-bond donors (Lipinski definition) is 1. The number of benzene rings is 1. The largest absolute Gasteiger partial charge is 0.493 e. The Labute approximate surface area is 156 Å². The van der Waals surface area contributed by atoms with Crippen LogP contribution in [0.25, 0.3) is 0 Å². The van der Waals surface area contributed by atoms with Gasteiger partial charge in [0.05, 0.1) is 17.9 Å². The highest BCUT2D eigenvalue weighted by molar-refractivity contribution is 5.35. The monoisotopic (exact) mass is 379 g/mol. The zero-order valence-electron chi connectivity index (χ0n) is 15.1. The van der Waals surface area contributed by atoms with Crippen LogP contribution in [0, 0.1) is 5.92 Å². The van der Waals surface area contributed by atoms with Crippen molar-refractivity contribution in [1.29, 1.82) is 0 Å². The second-order valence-electron chi connectivity index (χ2n) is 7.60. The fraction of sp³-hybridized carbons (Fsp3) is 0.550. The van der Waals surface area contributed by atoms with Gasteiger partial charge in [-0.2, -0.15) is 18.3 Å². The molecule has 2 heterocycles. The molecule has 1 saturated carbocycles. The minimum Gasteiger partial charge on any atom is -0.493 e. The smallest absolute Gasteiger partial charge is 0.419 e. The molecule has 1 aliphatic heterocycles. The van der Waals surface area contributed by atoms with Crippen molar-refractivity contribution in [2.24, 2.45) is 5.92 Å². The maximum atomic E-state index is 13.0. The summed E-state index contributed by atoms with van der Waals surface area (Å²) in [6, 6.07) is 7.34. The first-order chi connectivity index (χ1) is 13.0. The van der Waals surface area contributed by atoms with Crippen LogP contribution in [0.2, 0.25) is 0 Å². The van der Waals surface area contributed by atoms with Crippen molar-refractivity contribution in [2.75, 3.05) is 26.2 Å². The molecule has 1 aromatic heterocycles. The van der Waals surface area contributed by atoms with Crippen LogP contribution in [0.1, 0.15) is 42.1 Å². The predicted molar refractivity (Wildman–Crippen MR) is 95.8 cm³/mol. The van der Waals surface area contributed by atoms with Crippen molar-refractivity contribution in [3.05, 3.63) is 47.3 Å². The molecule has 27 heavy (non-hydrogen) atoms. The van der Waals surface area contributed by atoms with E-state index in [2.05, 4.69) is 15.1 Å². The second kappa shape index (κ2) is 7.54. The van der Waals surface area contributed by atoms with E-state index in [9.17, 15) is 13.2 Å². The Balaban J connectivity index is 1.29. The zero-order chi connectivity index (χ0) is 18.9. The molecule has 0 amide bonds. The van der Waals surface area contributed by atoms with Crippen molar-refractivity contribution >= 4 is 0 Å². The lowest BCUT2D eigenvalue weighted by atomic mass is 10.0. The summed E-state index contributed by atoms with van der Waals surface area (Å²) in [6.07, 6.45) is -0.0624. The van der Waals surface area contributed by atoms with Gasteiger partial charge in [-0.25, -0.2) is 0 Å². The first kappa shape index (κ1) is 18.3. The number of para-hydroxylation sites is 1. The average Bonchev–Trinajstić information content (AvgIpc) is 3.12. The van der Waals surface area contributed by atoms with Crippen LogP contribution in [0.5, 0.6) is 5.75 Å². The van der Waals surface area contributed by atoms with E-state index in [0.29, 0.717) is 12.3 Å². The molecule has 1 aromatic carbocycles. The Bertz CT molecular complexity index is 770. The lowest BCUT2D eigenvalue weighted by Gasteiger charge is -2.14. The van der Waals surface area contributed by atoms with Crippen LogP contribution in [-0.4, -0.2) is 41.3 Å². The molecule has 146 valence electrons. The summed E-state index contributed by atoms with van der Waals surface area (Å²) in [5.74, 6) is 1.21. The molecule has 1 aliphatic carbocycles. The average molecular weight is 379 g/mol. The minimum atomic E-state index is -4.41. The zero-order valence-corrected chi connectivity index (χ0v) is 15.1. The number of aromatic nitrogens is 2. The van der Waals surface area contributed by atoms with E-state index >= 15 is 0 Å². The number of nitrogens with one attached hydrogen (secondary N) is 1. The number of aromatic amines is 1. The molecule has 0 radical (unpaired) electrons. The van der Waals surface area contributed by atoms with Gasteiger partial charge in [-0.05, 0) is 49.9 Å². The van der Waals surface area contributed by atoms with E-state index < -0.39 is 11.7 Å². The SMILES string of the molecule is FC(F)(F)c1ccccc1OCCc1cc(C2CCN(CC3CC3)C2)n[nH]1. The molecule has 2 fully saturated rings. The third-order valence-electron chi connectivity index (χ3n) is 5.38. The lowest BCUT2D eigenvalue weighted by molar-refractivity contribution is -0.138. The van der Waals surface area contributed by atoms with Gasteiger partial charge in [0.25, 0.3) is 0 Å². The highest BCUT2D eigenvalue weighted by Gasteiger charge is 2.34. The number of H-pyrrole nitrogens is 1. The van der Waals surface area contributed by atoms with Gasteiger partial charge in [0, 0.05) is 31.1 Å². The molecule has 2 aliphatic rings. The molecule has 4 rings (SSSR count). The summed E-state index contributed by atoms with van der Waals surface area (Å²) in [4.78, 5) is 2.52. The van der Waals surface area contributed by atoms with Crippen molar-refractivity contribution in [3.63, 3.8) is 0 Å². The van der Waals surface area contributed by atoms with Crippen LogP contribution < -0.4 is 4.74 Å². The Morgan fingerprint density at radius 1 is 1.19 bits per heavy atom. The molecule has 1 atom stereocenters. The van der Waals surface area contributed by atoms with Crippen LogP contribution in [0.3, 0.4) is 0 Å². The fourth-order valence-corrected chi connectivity index (χ4v) is 3.72. The highest BCUT2D eigenvalue weighted by atomic mass is 19.4. The normalized spacial score (nSPS) is 20.9. The van der Waals surface area contributed by atoms with Crippen molar-refractivity contribution in [2.45, 2.75) is 37.8 Å². The molecule has 0 spiro atoms. The third-order valence-corrected chi connectivity index (χ3v) is 5.38. The van der Waals surface area contributed by atoms with Gasteiger partial charge in [-0.15, -0.1) is 0 Å². The first-order valence-corrected chi connectivity index (χ1v) is 9.54. The molecule has 1 N–H and O–H groups in total. The summed E-state index contributed by atoms with van der Waals surface area (Å²) in [6.45, 7) is 3.56. The van der Waals surface area contributed by atoms with Gasteiger partial charge in [0.2, 0.25) is 0 Å². The number of halogens is 3. The van der Waals surface area contributed by atoms with Gasteiger partial charge < -0.3 is 9.64 Å². The first-order valence-electron chi connectivity index (χ1n) is 9.54. The third kappa shape index (κ3) is 4.64. The summed E-state index contributed by atoms with van der Waals surface area (Å²) in [5.41, 5.74) is 1.21. The molecular formula is C20H24F3N3O. The van der Waals surface area contributed by atoms with Crippen molar-refractivity contribution in [3.8, 4) is 5.75 Å². The van der Waals surface area contributed by atoms with E-state index in [1.165, 1.54) is 31.5 Å². The number of rotatable bonds is 7. The quantitative estimate of drug-likeness (QED) is 0.782. The molecule has 1 unspecified atom stereocenters. The maximum absolute atomic E-state index is 13.0. The van der Waals surface area contributed by atoms with Crippen LogP contribution in [-0.2, 0) is 12.6 Å². The number of likely N-dealkylation sites (tertiary alicyclic amines) is 1. The van der Waals surface area contributed by atoms with Gasteiger partial charge in [-0.3, -0.25) is 5.10 Å². The van der Waals surface area contributed by atoms with Gasteiger partial charge in [-0.1, -0.05) is 12.1 Å². The van der Waals surface area contributed by atoms with E-state index in [-0.39, 0.29) is 12.4 Å². The van der Waals surface area contributed by atoms with Gasteiger partial charge >= 0.3 is 6.18 Å². The van der Waals surface area contributed by atoms with E-state index in [0.717, 1.165) is 42.9 Å². The van der Waals surface area contributed by atoms with Crippen molar-refractivity contribution < 1.29 is 17.9 Å². The number of hydrogen-bond acceptors (Lipinski definition) is 3. The van der Waals surface area contributed by atoms with Crippen LogP contribution in [0.4, 0.5) is 13.2 Å². The fourth-order valence-electron chi connectivity index (χ4n) is 3.72. The molecule has 2 aromatic rings. The van der Waals surface area contributed by atoms with Crippen LogP contribution in [0.15, 0.2) is 30.3 Å². The Morgan fingerprint density at radius 3 is 2.78 bits per heavy atom. The van der Waals surface area contributed by atoms with E-state index in [1.807, 2.05) is 6.07 Å². The molecular weight excluding hydrogens is 355 g/mol. The predicted octanol–water partition coefficient (Wildman–Crippen LogP) is 4.25. The van der Waals surface area contributed by atoms with Gasteiger partial charge in [0.15, 0.2) is 0 Å². The Kier molecular flexibility index (Phi) is 5.12. The second-order valence-corrected chi connectivity index (χ2v) is 7.60. The molecule has 4 nitrogen and oxygen atoms in total. The summed E-state index contributed by atoms with van der Waals surface area (Å²) >= 11 is 0. The number of alkyl halides is 3.